The Morgan fingerprint density at radius 3 is 2.71 bits per heavy atom. The van der Waals surface area contributed by atoms with Crippen LogP contribution >= 0.6 is 0 Å². The Balaban J connectivity index is 1.97. The van der Waals surface area contributed by atoms with Gasteiger partial charge in [-0.2, -0.15) is 0 Å². The molecular formula is C16H11N. The van der Waals surface area contributed by atoms with Gasteiger partial charge in [0.25, 0.3) is 0 Å². The van der Waals surface area contributed by atoms with Crippen LogP contribution in [0.3, 0.4) is 0 Å². The summed E-state index contributed by atoms with van der Waals surface area (Å²) in [6.07, 6.45) is 3.27. The van der Waals surface area contributed by atoms with Crippen molar-refractivity contribution in [1.82, 2.24) is 0 Å². The number of fused-ring (bicyclic) bond motifs is 4. The van der Waals surface area contributed by atoms with Crippen molar-refractivity contribution < 1.29 is 0 Å². The van der Waals surface area contributed by atoms with Crippen LogP contribution in [0.25, 0.3) is 6.08 Å². The van der Waals surface area contributed by atoms with E-state index in [0.717, 1.165) is 12.1 Å². The molecule has 0 saturated carbocycles. The van der Waals surface area contributed by atoms with Gasteiger partial charge < -0.3 is 0 Å². The molecule has 2 aromatic rings. The van der Waals surface area contributed by atoms with Crippen LogP contribution in [0, 0.1) is 0 Å². The summed E-state index contributed by atoms with van der Waals surface area (Å²) in [5, 5.41) is 0. The second-order valence-electron chi connectivity index (χ2n) is 4.52. The fourth-order valence-electron chi connectivity index (χ4n) is 2.63. The predicted octanol–water partition coefficient (Wildman–Crippen LogP) is 3.76. The maximum absolute atomic E-state index is 4.80. The van der Waals surface area contributed by atoms with Gasteiger partial charge in [-0.3, -0.25) is 0 Å². The van der Waals surface area contributed by atoms with Crippen molar-refractivity contribution in [2.24, 2.45) is 4.99 Å². The smallest absolute Gasteiger partial charge is 0.0750 e. The molecule has 1 aliphatic carbocycles. The monoisotopic (exact) mass is 217 g/mol. The van der Waals surface area contributed by atoms with E-state index in [2.05, 4.69) is 54.6 Å². The molecule has 0 spiro atoms. The summed E-state index contributed by atoms with van der Waals surface area (Å²) in [4.78, 5) is 4.80. The molecule has 0 aromatic heterocycles. The van der Waals surface area contributed by atoms with Crippen LogP contribution in [0.15, 0.2) is 59.1 Å². The molecule has 1 heterocycles. The third-order valence-corrected chi connectivity index (χ3v) is 3.45. The molecule has 0 amide bonds. The molecular weight excluding hydrogens is 206 g/mol. The van der Waals surface area contributed by atoms with Crippen LogP contribution < -0.4 is 0 Å². The number of rotatable bonds is 0. The average Bonchev–Trinajstić information content (AvgIpc) is 2.73. The van der Waals surface area contributed by atoms with Gasteiger partial charge in [0, 0.05) is 12.0 Å². The van der Waals surface area contributed by atoms with E-state index in [0.29, 0.717) is 0 Å². The molecule has 0 saturated heterocycles. The maximum atomic E-state index is 4.80. The normalized spacial score (nSPS) is 15.5. The highest BCUT2D eigenvalue weighted by Crippen LogP contribution is 2.36. The molecule has 0 N–H and O–H groups in total. The van der Waals surface area contributed by atoms with Crippen molar-refractivity contribution in [1.29, 1.82) is 0 Å². The van der Waals surface area contributed by atoms with Gasteiger partial charge in [-0.1, -0.05) is 42.5 Å². The van der Waals surface area contributed by atoms with Gasteiger partial charge in [-0.05, 0) is 28.8 Å². The molecule has 80 valence electrons. The Morgan fingerprint density at radius 2 is 1.71 bits per heavy atom. The molecule has 0 atom stereocenters. The van der Waals surface area contributed by atoms with Crippen molar-refractivity contribution in [3.63, 3.8) is 0 Å². The molecule has 0 unspecified atom stereocenters. The molecule has 1 heteroatoms. The minimum Gasteiger partial charge on any atom is -0.248 e. The predicted molar refractivity (Wildman–Crippen MR) is 70.8 cm³/mol. The first-order valence-electron chi connectivity index (χ1n) is 5.89. The zero-order chi connectivity index (χ0) is 11.2. The highest BCUT2D eigenvalue weighted by atomic mass is 14.8. The summed E-state index contributed by atoms with van der Waals surface area (Å²) in [6, 6.07) is 16.9. The van der Waals surface area contributed by atoms with Crippen LogP contribution in [-0.2, 0) is 6.42 Å². The van der Waals surface area contributed by atoms with E-state index in [1.54, 1.807) is 0 Å². The second-order valence-corrected chi connectivity index (χ2v) is 4.52. The summed E-state index contributed by atoms with van der Waals surface area (Å²) in [7, 11) is 0. The zero-order valence-electron chi connectivity index (χ0n) is 9.35. The number of para-hydroxylation sites is 1. The highest BCUT2D eigenvalue weighted by molar-refractivity contribution is 6.22. The molecule has 2 aliphatic rings. The Morgan fingerprint density at radius 1 is 0.882 bits per heavy atom. The standard InChI is InChI=1S/C16H11N/c1-3-7-14-11(5-1)9-13-10-12-6-2-4-8-15(12)17-16(13)14/h1-9H,10H2. The topological polar surface area (TPSA) is 12.4 Å². The molecule has 0 fully saturated rings. The lowest BCUT2D eigenvalue weighted by atomic mass is 9.96. The van der Waals surface area contributed by atoms with E-state index < -0.39 is 0 Å². The lowest BCUT2D eigenvalue weighted by Crippen LogP contribution is -2.07. The van der Waals surface area contributed by atoms with Gasteiger partial charge in [0.1, 0.15) is 0 Å². The molecule has 0 radical (unpaired) electrons. The Hall–Kier alpha value is -2.15. The van der Waals surface area contributed by atoms with Crippen molar-refractivity contribution in [2.75, 3.05) is 0 Å². The average molecular weight is 217 g/mol. The molecule has 2 aromatic carbocycles. The quantitative estimate of drug-likeness (QED) is 0.637. The third kappa shape index (κ3) is 1.22. The van der Waals surface area contributed by atoms with Crippen LogP contribution in [0.2, 0.25) is 0 Å². The lowest BCUT2D eigenvalue weighted by molar-refractivity contribution is 1.19. The van der Waals surface area contributed by atoms with Crippen LogP contribution in [0.4, 0.5) is 5.69 Å². The minimum absolute atomic E-state index is 1.00. The van der Waals surface area contributed by atoms with E-state index in [4.69, 9.17) is 4.99 Å². The highest BCUT2D eigenvalue weighted by Gasteiger charge is 2.24. The van der Waals surface area contributed by atoms with Crippen molar-refractivity contribution in [3.8, 4) is 0 Å². The molecule has 1 nitrogen and oxygen atoms in total. The Labute approximate surface area is 100 Å². The third-order valence-electron chi connectivity index (χ3n) is 3.45. The molecule has 4 rings (SSSR count). The fourth-order valence-corrected chi connectivity index (χ4v) is 2.63. The summed E-state index contributed by atoms with van der Waals surface area (Å²) in [5.41, 5.74) is 7.54. The largest absolute Gasteiger partial charge is 0.248 e. The summed E-state index contributed by atoms with van der Waals surface area (Å²) >= 11 is 0. The number of hydrogen-bond donors (Lipinski definition) is 0. The van der Waals surface area contributed by atoms with Gasteiger partial charge in [-0.25, -0.2) is 4.99 Å². The number of aliphatic imine (C=N–C) groups is 1. The number of allylic oxidation sites excluding steroid dienone is 1. The lowest BCUT2D eigenvalue weighted by Gasteiger charge is -2.15. The molecule has 17 heavy (non-hydrogen) atoms. The number of nitrogens with zero attached hydrogens (tertiary/aromatic N) is 1. The Kier molecular flexibility index (Phi) is 1.67. The van der Waals surface area contributed by atoms with Crippen molar-refractivity contribution >= 4 is 17.5 Å². The van der Waals surface area contributed by atoms with Gasteiger partial charge in [-0.15, -0.1) is 0 Å². The van der Waals surface area contributed by atoms with Crippen LogP contribution in [0.1, 0.15) is 16.7 Å². The van der Waals surface area contributed by atoms with E-state index in [-0.39, 0.29) is 0 Å². The van der Waals surface area contributed by atoms with E-state index >= 15 is 0 Å². The van der Waals surface area contributed by atoms with Crippen molar-refractivity contribution in [3.05, 3.63) is 70.8 Å². The van der Waals surface area contributed by atoms with Crippen LogP contribution in [0.5, 0.6) is 0 Å². The van der Waals surface area contributed by atoms with Gasteiger partial charge in [0.15, 0.2) is 0 Å². The summed E-state index contributed by atoms with van der Waals surface area (Å²) < 4.78 is 0. The number of hydrogen-bond acceptors (Lipinski definition) is 1. The summed E-state index contributed by atoms with van der Waals surface area (Å²) in [5.74, 6) is 0. The SMILES string of the molecule is C1=C2Cc3ccccc3N=C2c2ccccc21. The molecule has 0 bridgehead atoms. The zero-order valence-corrected chi connectivity index (χ0v) is 9.35. The Bertz CT molecular complexity index is 677. The van der Waals surface area contributed by atoms with Crippen LogP contribution in [-0.4, -0.2) is 5.71 Å². The van der Waals surface area contributed by atoms with Gasteiger partial charge >= 0.3 is 0 Å². The van der Waals surface area contributed by atoms with Gasteiger partial charge in [0.2, 0.25) is 0 Å². The minimum atomic E-state index is 1.00. The number of benzene rings is 2. The first-order chi connectivity index (χ1) is 8.42. The summed E-state index contributed by atoms with van der Waals surface area (Å²) in [6.45, 7) is 0. The van der Waals surface area contributed by atoms with E-state index in [1.807, 2.05) is 0 Å². The van der Waals surface area contributed by atoms with Crippen molar-refractivity contribution in [2.45, 2.75) is 6.42 Å². The van der Waals surface area contributed by atoms with E-state index in [1.165, 1.54) is 28.0 Å². The first-order valence-corrected chi connectivity index (χ1v) is 5.89. The molecule has 1 aliphatic heterocycles. The fraction of sp³-hybridized carbons (Fsp3) is 0.0625. The second kappa shape index (κ2) is 3.17. The van der Waals surface area contributed by atoms with Gasteiger partial charge in [0.05, 0.1) is 11.4 Å². The maximum Gasteiger partial charge on any atom is 0.0750 e. The van der Waals surface area contributed by atoms with E-state index in [9.17, 15) is 0 Å². The first kappa shape index (κ1) is 8.94.